The Bertz CT molecular complexity index is 1190. The molecule has 0 aliphatic carbocycles. The van der Waals surface area contributed by atoms with E-state index in [4.69, 9.17) is 0 Å². The van der Waals surface area contributed by atoms with E-state index in [-0.39, 0.29) is 18.0 Å². The minimum absolute atomic E-state index is 0.0148. The van der Waals surface area contributed by atoms with Gasteiger partial charge in [-0.25, -0.2) is 8.42 Å². The summed E-state index contributed by atoms with van der Waals surface area (Å²) in [7, 11) is -1.81. The summed E-state index contributed by atoms with van der Waals surface area (Å²) in [6.45, 7) is 5.20. The molecule has 0 saturated carbocycles. The third-order valence-corrected chi connectivity index (χ3v) is 8.58. The average molecular weight is 515 g/mol. The van der Waals surface area contributed by atoms with Crippen molar-refractivity contribution in [2.75, 3.05) is 30.2 Å². The number of anilines is 1. The van der Waals surface area contributed by atoms with Crippen molar-refractivity contribution in [3.8, 4) is 5.75 Å². The first-order chi connectivity index (χ1) is 16.0. The molecule has 0 N–H and O–H groups in total. The molecule has 0 aliphatic heterocycles. The Balaban J connectivity index is 1.91. The number of ether oxygens (including phenoxy) is 1. The van der Waals surface area contributed by atoms with Gasteiger partial charge in [-0.1, -0.05) is 43.7 Å². The van der Waals surface area contributed by atoms with Crippen LogP contribution in [0, 0.1) is 6.92 Å². The van der Waals surface area contributed by atoms with Crippen LogP contribution < -0.4 is 9.04 Å². The Kier molecular flexibility index (Phi) is 8.48. The fourth-order valence-electron chi connectivity index (χ4n) is 3.58. The van der Waals surface area contributed by atoms with E-state index >= 15 is 0 Å². The van der Waals surface area contributed by atoms with Gasteiger partial charge in [0.1, 0.15) is 10.8 Å². The highest BCUT2D eigenvalue weighted by Gasteiger charge is 2.31. The zero-order valence-electron chi connectivity index (χ0n) is 19.4. The van der Waals surface area contributed by atoms with Crippen molar-refractivity contribution in [3.05, 3.63) is 59.7 Å². The maximum atomic E-state index is 13.5. The van der Waals surface area contributed by atoms with Crippen LogP contribution in [0.25, 0.3) is 10.1 Å². The van der Waals surface area contributed by atoms with Gasteiger partial charge >= 0.3 is 6.36 Å². The largest absolute Gasteiger partial charge is 0.573 e. The number of nitrogens with zero attached hydrogens (tertiary/aromatic N) is 2. The van der Waals surface area contributed by atoms with Gasteiger partial charge in [-0.2, -0.15) is 0 Å². The van der Waals surface area contributed by atoms with Gasteiger partial charge in [0.05, 0.1) is 12.3 Å². The maximum Gasteiger partial charge on any atom is 0.573 e. The van der Waals surface area contributed by atoms with Gasteiger partial charge in [0.15, 0.2) is 0 Å². The highest BCUT2D eigenvalue weighted by molar-refractivity contribution is 7.93. The summed E-state index contributed by atoms with van der Waals surface area (Å²) in [4.78, 5) is 2.00. The highest BCUT2D eigenvalue weighted by atomic mass is 32.2. The van der Waals surface area contributed by atoms with Crippen LogP contribution in [-0.4, -0.2) is 45.6 Å². The summed E-state index contributed by atoms with van der Waals surface area (Å²) in [6.07, 6.45) is -2.77. The maximum absolute atomic E-state index is 13.5. The molecule has 34 heavy (non-hydrogen) atoms. The molecule has 0 fully saturated rings. The highest BCUT2D eigenvalue weighted by Crippen LogP contribution is 2.39. The van der Waals surface area contributed by atoms with E-state index in [1.807, 2.05) is 43.1 Å². The fraction of sp³-hybridized carbons (Fsp3) is 0.417. The molecule has 0 bridgehead atoms. The van der Waals surface area contributed by atoms with Crippen LogP contribution in [0.5, 0.6) is 5.75 Å². The summed E-state index contributed by atoms with van der Waals surface area (Å²) in [5.41, 5.74) is 1.43. The van der Waals surface area contributed by atoms with E-state index < -0.39 is 16.4 Å². The van der Waals surface area contributed by atoms with E-state index in [2.05, 4.69) is 11.7 Å². The van der Waals surface area contributed by atoms with Crippen molar-refractivity contribution in [2.45, 2.75) is 39.6 Å². The van der Waals surface area contributed by atoms with E-state index in [1.54, 1.807) is 0 Å². The van der Waals surface area contributed by atoms with Crippen molar-refractivity contribution in [1.82, 2.24) is 4.90 Å². The van der Waals surface area contributed by atoms with Crippen LogP contribution in [0.2, 0.25) is 0 Å². The van der Waals surface area contributed by atoms with Gasteiger partial charge in [0.2, 0.25) is 10.0 Å². The lowest BCUT2D eigenvalue weighted by atomic mass is 10.2. The van der Waals surface area contributed by atoms with Crippen LogP contribution in [0.4, 0.5) is 18.2 Å². The molecule has 0 atom stereocenters. The number of rotatable bonds is 11. The third-order valence-electron chi connectivity index (χ3n) is 5.49. The topological polar surface area (TPSA) is 49.9 Å². The van der Waals surface area contributed by atoms with Crippen molar-refractivity contribution >= 4 is 36.4 Å². The van der Waals surface area contributed by atoms with Gasteiger partial charge in [-0.3, -0.25) is 4.31 Å². The Morgan fingerprint density at radius 3 is 2.32 bits per heavy atom. The summed E-state index contributed by atoms with van der Waals surface area (Å²) < 4.78 is 70.8. The van der Waals surface area contributed by atoms with Crippen molar-refractivity contribution in [1.29, 1.82) is 0 Å². The minimum atomic E-state index is -4.78. The number of benzene rings is 2. The third kappa shape index (κ3) is 6.86. The molecule has 5 nitrogen and oxygen atoms in total. The molecule has 3 rings (SSSR count). The number of hydrogen-bond acceptors (Lipinski definition) is 5. The summed E-state index contributed by atoms with van der Waals surface area (Å²) >= 11 is 1.40. The Hall–Kier alpha value is -2.30. The minimum Gasteiger partial charge on any atom is -0.406 e. The number of unbranched alkanes of at least 4 members (excludes halogenated alkanes) is 1. The number of sulfonamides is 1. The second kappa shape index (κ2) is 11.0. The average Bonchev–Trinajstić information content (AvgIpc) is 3.11. The zero-order valence-corrected chi connectivity index (χ0v) is 21.1. The molecule has 0 aliphatic rings. The molecule has 3 aromatic rings. The van der Waals surface area contributed by atoms with Crippen LogP contribution in [0.1, 0.15) is 30.9 Å². The molecule has 0 amide bonds. The van der Waals surface area contributed by atoms with Gasteiger partial charge in [-0.05, 0) is 61.6 Å². The Morgan fingerprint density at radius 2 is 1.71 bits per heavy atom. The first kappa shape index (κ1) is 26.3. The summed E-state index contributed by atoms with van der Waals surface area (Å²) in [5, 5.41) is 1.60. The number of thiophene rings is 1. The fourth-order valence-corrected chi connectivity index (χ4v) is 6.65. The molecular weight excluding hydrogens is 485 g/mol. The Morgan fingerprint density at radius 1 is 1.03 bits per heavy atom. The quantitative estimate of drug-likeness (QED) is 0.307. The number of alkyl halides is 3. The van der Waals surface area contributed by atoms with Crippen molar-refractivity contribution in [3.63, 3.8) is 0 Å². The SMILES string of the molecule is CCCCN(C)CCS(=O)(=O)N(Cc1ccc(OC(F)(F)F)cc1)c1sc2ccccc2c1C. The first-order valence-corrected chi connectivity index (χ1v) is 13.4. The molecule has 186 valence electrons. The monoisotopic (exact) mass is 514 g/mol. The normalized spacial score (nSPS) is 12.4. The summed E-state index contributed by atoms with van der Waals surface area (Å²) in [6, 6.07) is 13.0. The van der Waals surface area contributed by atoms with Crippen LogP contribution >= 0.6 is 11.3 Å². The number of hydrogen-bond donors (Lipinski definition) is 0. The van der Waals surface area contributed by atoms with Crippen LogP contribution in [-0.2, 0) is 16.6 Å². The van der Waals surface area contributed by atoms with Gasteiger partial charge in [0.25, 0.3) is 0 Å². The standard InChI is InChI=1S/C24H29F3N2O3S2/c1-4-5-14-28(3)15-16-34(30,31)29(23-18(2)21-8-6-7-9-22(21)33-23)17-19-10-12-20(13-11-19)32-24(25,26)27/h6-13H,4-5,14-17H2,1-3H3. The lowest BCUT2D eigenvalue weighted by Crippen LogP contribution is -2.36. The lowest BCUT2D eigenvalue weighted by molar-refractivity contribution is -0.274. The van der Waals surface area contributed by atoms with E-state index in [9.17, 15) is 21.6 Å². The molecule has 0 unspecified atom stereocenters. The van der Waals surface area contributed by atoms with Gasteiger partial charge in [-0.15, -0.1) is 24.5 Å². The summed E-state index contributed by atoms with van der Waals surface area (Å²) in [5.74, 6) is -0.405. The second-order valence-electron chi connectivity index (χ2n) is 8.20. The lowest BCUT2D eigenvalue weighted by Gasteiger charge is -2.26. The van der Waals surface area contributed by atoms with Crippen LogP contribution in [0.15, 0.2) is 48.5 Å². The van der Waals surface area contributed by atoms with Crippen molar-refractivity contribution in [2.24, 2.45) is 0 Å². The van der Waals surface area contributed by atoms with Crippen LogP contribution in [0.3, 0.4) is 0 Å². The smallest absolute Gasteiger partial charge is 0.406 e. The molecule has 0 spiro atoms. The van der Waals surface area contributed by atoms with Crippen molar-refractivity contribution < 1.29 is 26.3 Å². The van der Waals surface area contributed by atoms with E-state index in [0.29, 0.717) is 17.1 Å². The molecule has 1 heterocycles. The Labute approximate surface area is 202 Å². The second-order valence-corrected chi connectivity index (χ2v) is 11.2. The predicted molar refractivity (Wildman–Crippen MR) is 132 cm³/mol. The van der Waals surface area contributed by atoms with E-state index in [1.165, 1.54) is 39.9 Å². The zero-order chi connectivity index (χ0) is 24.9. The van der Waals surface area contributed by atoms with Gasteiger partial charge in [0, 0.05) is 11.2 Å². The van der Waals surface area contributed by atoms with E-state index in [0.717, 1.165) is 35.0 Å². The predicted octanol–water partition coefficient (Wildman–Crippen LogP) is 6.18. The molecule has 0 saturated heterocycles. The number of halogens is 3. The number of fused-ring (bicyclic) bond motifs is 1. The number of aryl methyl sites for hydroxylation is 1. The molecule has 0 radical (unpaired) electrons. The first-order valence-electron chi connectivity index (χ1n) is 11.0. The molecule has 2 aromatic carbocycles. The molecule has 1 aromatic heterocycles. The molecule has 10 heteroatoms. The van der Waals surface area contributed by atoms with Gasteiger partial charge < -0.3 is 9.64 Å². The molecular formula is C24H29F3N2O3S2.